The molecule has 1 aromatic carbocycles. The van der Waals surface area contributed by atoms with Crippen LogP contribution in [0.4, 0.5) is 5.69 Å². The Morgan fingerprint density at radius 2 is 1.93 bits per heavy atom. The molecule has 160 valence electrons. The quantitative estimate of drug-likeness (QED) is 0.461. The van der Waals surface area contributed by atoms with Gasteiger partial charge in [-0.2, -0.15) is 0 Å². The third kappa shape index (κ3) is 5.02. The highest BCUT2D eigenvalue weighted by Gasteiger charge is 2.26. The van der Waals surface area contributed by atoms with Crippen molar-refractivity contribution in [2.75, 3.05) is 5.32 Å². The maximum absolute atomic E-state index is 12.6. The van der Waals surface area contributed by atoms with E-state index >= 15 is 0 Å². The van der Waals surface area contributed by atoms with Crippen LogP contribution < -0.4 is 5.32 Å². The molecule has 0 bridgehead atoms. The lowest BCUT2D eigenvalue weighted by Crippen LogP contribution is -2.29. The van der Waals surface area contributed by atoms with Gasteiger partial charge in [-0.3, -0.25) is 4.79 Å². The zero-order valence-electron chi connectivity index (χ0n) is 18.6. The van der Waals surface area contributed by atoms with Gasteiger partial charge in [-0.05, 0) is 75.3 Å². The third-order valence-electron chi connectivity index (χ3n) is 5.86. The zero-order chi connectivity index (χ0) is 21.8. The van der Waals surface area contributed by atoms with Crippen LogP contribution in [-0.4, -0.2) is 22.5 Å². The Morgan fingerprint density at radius 1 is 1.23 bits per heavy atom. The highest BCUT2D eigenvalue weighted by molar-refractivity contribution is 5.97. The van der Waals surface area contributed by atoms with Gasteiger partial charge >= 0.3 is 5.97 Å². The number of esters is 1. The molecular formula is C25H32N2O3. The number of carbonyl (C=O) groups excluding carboxylic acids is 2. The highest BCUT2D eigenvalue weighted by Crippen LogP contribution is 2.38. The SMILES string of the molecule is CC[C@H](C)c1ccccc1NC(=O)[C@H](C)OC(=O)/C=C/c1cc(C)n(C2CC2)c1C. The molecule has 1 aromatic heterocycles. The van der Waals surface area contributed by atoms with Crippen LogP contribution in [0.5, 0.6) is 0 Å². The van der Waals surface area contributed by atoms with Crippen LogP contribution in [0.15, 0.2) is 36.4 Å². The van der Waals surface area contributed by atoms with Crippen LogP contribution in [-0.2, 0) is 14.3 Å². The van der Waals surface area contributed by atoms with Gasteiger partial charge in [0, 0.05) is 29.2 Å². The molecule has 30 heavy (non-hydrogen) atoms. The number of hydrogen-bond acceptors (Lipinski definition) is 3. The van der Waals surface area contributed by atoms with Crippen molar-refractivity contribution in [2.24, 2.45) is 0 Å². The smallest absolute Gasteiger partial charge is 0.331 e. The van der Waals surface area contributed by atoms with Crippen molar-refractivity contribution in [3.05, 3.63) is 58.9 Å². The number of aromatic nitrogens is 1. The Kier molecular flexibility index (Phi) is 6.80. The highest BCUT2D eigenvalue weighted by atomic mass is 16.5. The van der Waals surface area contributed by atoms with Gasteiger partial charge in [-0.25, -0.2) is 4.79 Å². The standard InChI is InChI=1S/C25H32N2O3/c1-6-16(2)22-9-7-8-10-23(22)26-25(29)19(5)30-24(28)14-11-20-15-17(3)27(18(20)4)21-12-13-21/h7-11,14-16,19,21H,6,12-13H2,1-5H3,(H,26,29)/b14-11+/t16-,19-/m0/s1. The average Bonchev–Trinajstić information content (AvgIpc) is 3.51. The number of benzene rings is 1. The first-order chi connectivity index (χ1) is 14.3. The molecule has 3 rings (SSSR count). The maximum Gasteiger partial charge on any atom is 0.331 e. The molecule has 1 fully saturated rings. The fourth-order valence-electron chi connectivity index (χ4n) is 3.79. The van der Waals surface area contributed by atoms with E-state index in [1.54, 1.807) is 13.0 Å². The van der Waals surface area contributed by atoms with Gasteiger partial charge in [0.15, 0.2) is 6.10 Å². The van der Waals surface area contributed by atoms with Crippen molar-refractivity contribution in [3.63, 3.8) is 0 Å². The maximum atomic E-state index is 12.6. The Morgan fingerprint density at radius 3 is 2.60 bits per heavy atom. The van der Waals surface area contributed by atoms with Crippen molar-refractivity contribution in [1.82, 2.24) is 4.57 Å². The van der Waals surface area contributed by atoms with Crippen LogP contribution in [0, 0.1) is 13.8 Å². The normalized spacial score (nSPS) is 15.8. The molecule has 5 heteroatoms. The molecule has 5 nitrogen and oxygen atoms in total. The summed E-state index contributed by atoms with van der Waals surface area (Å²) in [5.41, 5.74) is 5.22. The first-order valence-electron chi connectivity index (χ1n) is 10.8. The molecule has 0 radical (unpaired) electrons. The van der Waals surface area contributed by atoms with Gasteiger partial charge in [0.1, 0.15) is 0 Å². The number of hydrogen-bond donors (Lipinski definition) is 1. The summed E-state index contributed by atoms with van der Waals surface area (Å²) in [7, 11) is 0. The van der Waals surface area contributed by atoms with Crippen molar-refractivity contribution in [3.8, 4) is 0 Å². The molecule has 2 atom stereocenters. The predicted molar refractivity (Wildman–Crippen MR) is 121 cm³/mol. The number of aryl methyl sites for hydroxylation is 1. The van der Waals surface area contributed by atoms with E-state index in [2.05, 4.69) is 43.6 Å². The van der Waals surface area contributed by atoms with Gasteiger partial charge in [-0.1, -0.05) is 32.0 Å². The van der Waals surface area contributed by atoms with Gasteiger partial charge in [0.25, 0.3) is 5.91 Å². The van der Waals surface area contributed by atoms with Crippen molar-refractivity contribution in [1.29, 1.82) is 0 Å². The average molecular weight is 409 g/mol. The second-order valence-corrected chi connectivity index (χ2v) is 8.23. The molecular weight excluding hydrogens is 376 g/mol. The minimum atomic E-state index is -0.883. The monoisotopic (exact) mass is 408 g/mol. The second-order valence-electron chi connectivity index (χ2n) is 8.23. The lowest BCUT2D eigenvalue weighted by Gasteiger charge is -2.17. The van der Waals surface area contributed by atoms with Crippen LogP contribution >= 0.6 is 0 Å². The molecule has 1 saturated carbocycles. The first kappa shape index (κ1) is 21.9. The van der Waals surface area contributed by atoms with E-state index in [-0.39, 0.29) is 5.91 Å². The molecule has 0 spiro atoms. The topological polar surface area (TPSA) is 60.3 Å². The number of nitrogens with zero attached hydrogens (tertiary/aromatic N) is 1. The van der Waals surface area contributed by atoms with Crippen molar-refractivity contribution >= 4 is 23.6 Å². The fourth-order valence-corrected chi connectivity index (χ4v) is 3.79. The summed E-state index contributed by atoms with van der Waals surface area (Å²) in [6, 6.07) is 10.4. The van der Waals surface area contributed by atoms with Crippen molar-refractivity contribution < 1.29 is 14.3 Å². The lowest BCUT2D eigenvalue weighted by atomic mass is 9.97. The Bertz CT molecular complexity index is 953. The zero-order valence-corrected chi connectivity index (χ0v) is 18.6. The van der Waals surface area contributed by atoms with Gasteiger partial charge in [0.05, 0.1) is 0 Å². The summed E-state index contributed by atoms with van der Waals surface area (Å²) >= 11 is 0. The number of nitrogens with one attached hydrogen (secondary N) is 1. The summed E-state index contributed by atoms with van der Waals surface area (Å²) in [6.45, 7) is 9.99. The molecule has 0 unspecified atom stereocenters. The number of rotatable bonds is 8. The van der Waals surface area contributed by atoms with Crippen molar-refractivity contribution in [2.45, 2.75) is 71.9 Å². The molecule has 1 amide bonds. The molecule has 1 heterocycles. The van der Waals surface area contributed by atoms with Crippen LogP contribution in [0.25, 0.3) is 6.08 Å². The number of carbonyl (C=O) groups is 2. The summed E-state index contributed by atoms with van der Waals surface area (Å²) in [5.74, 6) is -0.527. The number of para-hydroxylation sites is 1. The summed E-state index contributed by atoms with van der Waals surface area (Å²) in [4.78, 5) is 24.8. The number of amides is 1. The van der Waals surface area contributed by atoms with E-state index in [1.807, 2.05) is 24.3 Å². The summed E-state index contributed by atoms with van der Waals surface area (Å²) < 4.78 is 7.65. The minimum Gasteiger partial charge on any atom is -0.449 e. The third-order valence-corrected chi connectivity index (χ3v) is 5.86. The van der Waals surface area contributed by atoms with E-state index in [0.29, 0.717) is 12.0 Å². The van der Waals surface area contributed by atoms with Crippen LogP contribution in [0.3, 0.4) is 0 Å². The van der Waals surface area contributed by atoms with E-state index < -0.39 is 12.1 Å². The Labute approximate surface area is 179 Å². The number of anilines is 1. The molecule has 1 N–H and O–H groups in total. The second kappa shape index (κ2) is 9.33. The van der Waals surface area contributed by atoms with E-state index in [1.165, 1.54) is 24.6 Å². The van der Waals surface area contributed by atoms with E-state index in [9.17, 15) is 9.59 Å². The molecule has 1 aliphatic carbocycles. The van der Waals surface area contributed by atoms with Gasteiger partial charge in [0.2, 0.25) is 0 Å². The first-order valence-corrected chi connectivity index (χ1v) is 10.8. The van der Waals surface area contributed by atoms with Gasteiger partial charge in [-0.15, -0.1) is 0 Å². The minimum absolute atomic E-state index is 0.330. The molecule has 2 aromatic rings. The Hall–Kier alpha value is -2.82. The lowest BCUT2D eigenvalue weighted by molar-refractivity contribution is -0.148. The van der Waals surface area contributed by atoms with Crippen LogP contribution in [0.1, 0.15) is 74.5 Å². The molecule has 0 saturated heterocycles. The fraction of sp³-hybridized carbons (Fsp3) is 0.440. The van der Waals surface area contributed by atoms with Gasteiger partial charge < -0.3 is 14.6 Å². The van der Waals surface area contributed by atoms with E-state index in [4.69, 9.17) is 4.74 Å². The predicted octanol–water partition coefficient (Wildman–Crippen LogP) is 5.54. The largest absolute Gasteiger partial charge is 0.449 e. The number of ether oxygens (including phenoxy) is 1. The molecule has 0 aliphatic heterocycles. The summed E-state index contributed by atoms with van der Waals surface area (Å²) in [6.07, 6.45) is 5.69. The summed E-state index contributed by atoms with van der Waals surface area (Å²) in [5, 5.41) is 2.90. The Balaban J connectivity index is 1.60. The van der Waals surface area contributed by atoms with Crippen LogP contribution in [0.2, 0.25) is 0 Å². The van der Waals surface area contributed by atoms with E-state index in [0.717, 1.165) is 28.9 Å². The molecule has 1 aliphatic rings.